The first-order chi connectivity index (χ1) is 11.9. The second kappa shape index (κ2) is 6.77. The highest BCUT2D eigenvalue weighted by Crippen LogP contribution is 2.25. The molecule has 0 aliphatic carbocycles. The van der Waals surface area contributed by atoms with Crippen LogP contribution in [0.4, 0.5) is 30.2 Å². The third-order valence-corrected chi connectivity index (χ3v) is 5.99. The number of halogens is 3. The average molecular weight is 384 g/mol. The molecule has 0 saturated heterocycles. The molecule has 0 aliphatic rings. The lowest BCUT2D eigenvalue weighted by Gasteiger charge is -2.10. The standard InChI is InChI=1S/C16H11F3N2O2S2/c17-12-7-8-13(16(19)15(12)18)20-10-3-5-11(6-4-10)21-25(22,23)14-2-1-9-24-14/h1-9,20-21H. The summed E-state index contributed by atoms with van der Waals surface area (Å²) in [6.45, 7) is 0. The largest absolute Gasteiger partial charge is 0.353 e. The molecular formula is C16H11F3N2O2S2. The van der Waals surface area contributed by atoms with E-state index in [4.69, 9.17) is 0 Å². The van der Waals surface area contributed by atoms with E-state index < -0.39 is 27.5 Å². The molecule has 130 valence electrons. The fourth-order valence-electron chi connectivity index (χ4n) is 2.02. The molecule has 2 N–H and O–H groups in total. The first-order valence-electron chi connectivity index (χ1n) is 6.94. The molecule has 0 unspecified atom stereocenters. The lowest BCUT2D eigenvalue weighted by Crippen LogP contribution is -2.11. The van der Waals surface area contributed by atoms with Crippen LogP contribution in [0.15, 0.2) is 58.1 Å². The number of nitrogens with one attached hydrogen (secondary N) is 2. The van der Waals surface area contributed by atoms with Gasteiger partial charge in [0.2, 0.25) is 0 Å². The van der Waals surface area contributed by atoms with E-state index in [-0.39, 0.29) is 9.90 Å². The van der Waals surface area contributed by atoms with Gasteiger partial charge in [0, 0.05) is 11.4 Å². The Hall–Kier alpha value is -2.52. The Morgan fingerprint density at radius 3 is 2.16 bits per heavy atom. The molecule has 0 atom stereocenters. The van der Waals surface area contributed by atoms with Gasteiger partial charge < -0.3 is 5.32 Å². The van der Waals surface area contributed by atoms with Gasteiger partial charge in [-0.05, 0) is 47.8 Å². The van der Waals surface area contributed by atoms with Crippen molar-refractivity contribution in [2.24, 2.45) is 0 Å². The smallest absolute Gasteiger partial charge is 0.271 e. The van der Waals surface area contributed by atoms with E-state index in [0.717, 1.165) is 23.5 Å². The van der Waals surface area contributed by atoms with Crippen LogP contribution in [0.25, 0.3) is 0 Å². The normalized spacial score (nSPS) is 11.3. The molecular weight excluding hydrogens is 373 g/mol. The summed E-state index contributed by atoms with van der Waals surface area (Å²) in [7, 11) is -3.66. The van der Waals surface area contributed by atoms with Gasteiger partial charge in [-0.25, -0.2) is 21.6 Å². The van der Waals surface area contributed by atoms with Crippen molar-refractivity contribution in [1.29, 1.82) is 0 Å². The van der Waals surface area contributed by atoms with Crippen molar-refractivity contribution >= 4 is 38.4 Å². The molecule has 0 spiro atoms. The molecule has 3 aromatic rings. The van der Waals surface area contributed by atoms with Gasteiger partial charge in [-0.3, -0.25) is 4.72 Å². The Morgan fingerprint density at radius 2 is 1.52 bits per heavy atom. The maximum Gasteiger partial charge on any atom is 0.271 e. The molecule has 4 nitrogen and oxygen atoms in total. The lowest BCUT2D eigenvalue weighted by atomic mass is 10.2. The molecule has 9 heteroatoms. The monoisotopic (exact) mass is 384 g/mol. The zero-order valence-electron chi connectivity index (χ0n) is 12.5. The summed E-state index contributed by atoms with van der Waals surface area (Å²) in [5.41, 5.74) is 0.458. The molecule has 0 saturated carbocycles. The number of hydrogen-bond acceptors (Lipinski definition) is 4. The molecule has 0 aliphatic heterocycles. The van der Waals surface area contributed by atoms with Crippen molar-refractivity contribution in [1.82, 2.24) is 0 Å². The third-order valence-electron chi connectivity index (χ3n) is 3.21. The Morgan fingerprint density at radius 1 is 0.840 bits per heavy atom. The Kier molecular flexibility index (Phi) is 4.69. The Bertz CT molecular complexity index is 989. The molecule has 0 radical (unpaired) electrons. The zero-order valence-corrected chi connectivity index (χ0v) is 14.1. The number of thiophene rings is 1. The summed E-state index contributed by atoms with van der Waals surface area (Å²) < 4.78 is 66.6. The number of hydrogen-bond donors (Lipinski definition) is 2. The minimum absolute atomic E-state index is 0.179. The average Bonchev–Trinajstić information content (AvgIpc) is 3.12. The van der Waals surface area contributed by atoms with E-state index >= 15 is 0 Å². The van der Waals surface area contributed by atoms with Crippen LogP contribution in [0.5, 0.6) is 0 Å². The molecule has 0 fully saturated rings. The summed E-state index contributed by atoms with van der Waals surface area (Å²) in [6.07, 6.45) is 0. The van der Waals surface area contributed by atoms with E-state index in [9.17, 15) is 21.6 Å². The minimum Gasteiger partial charge on any atom is -0.353 e. The Balaban J connectivity index is 1.76. The van der Waals surface area contributed by atoms with Gasteiger partial charge in [-0.15, -0.1) is 11.3 Å². The summed E-state index contributed by atoms with van der Waals surface area (Å²) in [5.74, 6) is -4.17. The predicted molar refractivity (Wildman–Crippen MR) is 91.2 cm³/mol. The highest BCUT2D eigenvalue weighted by Gasteiger charge is 2.16. The van der Waals surface area contributed by atoms with Crippen molar-refractivity contribution in [2.45, 2.75) is 4.21 Å². The van der Waals surface area contributed by atoms with E-state index in [1.807, 2.05) is 0 Å². The van der Waals surface area contributed by atoms with Gasteiger partial charge in [-0.1, -0.05) is 6.07 Å². The first-order valence-corrected chi connectivity index (χ1v) is 9.30. The van der Waals surface area contributed by atoms with Crippen LogP contribution >= 0.6 is 11.3 Å². The summed E-state index contributed by atoms with van der Waals surface area (Å²) in [4.78, 5) is 0. The topological polar surface area (TPSA) is 58.2 Å². The van der Waals surface area contributed by atoms with Gasteiger partial charge >= 0.3 is 0 Å². The van der Waals surface area contributed by atoms with Crippen LogP contribution in [0.2, 0.25) is 0 Å². The first kappa shape index (κ1) is 17.3. The van der Waals surface area contributed by atoms with Gasteiger partial charge in [0.1, 0.15) is 4.21 Å². The van der Waals surface area contributed by atoms with Crippen molar-refractivity contribution in [3.63, 3.8) is 0 Å². The van der Waals surface area contributed by atoms with Gasteiger partial charge in [0.15, 0.2) is 17.5 Å². The van der Waals surface area contributed by atoms with E-state index in [1.54, 1.807) is 11.4 Å². The molecule has 0 bridgehead atoms. The van der Waals surface area contributed by atoms with Crippen molar-refractivity contribution in [3.8, 4) is 0 Å². The van der Waals surface area contributed by atoms with Crippen LogP contribution in [-0.2, 0) is 10.0 Å². The quantitative estimate of drug-likeness (QED) is 0.627. The zero-order chi connectivity index (χ0) is 18.0. The highest BCUT2D eigenvalue weighted by atomic mass is 32.2. The van der Waals surface area contributed by atoms with Crippen LogP contribution in [0, 0.1) is 17.5 Å². The van der Waals surface area contributed by atoms with Crippen LogP contribution in [0.3, 0.4) is 0 Å². The summed E-state index contributed by atoms with van der Waals surface area (Å²) >= 11 is 1.09. The van der Waals surface area contributed by atoms with E-state index in [1.165, 1.54) is 30.3 Å². The van der Waals surface area contributed by atoms with Gasteiger partial charge in [0.25, 0.3) is 10.0 Å². The van der Waals surface area contributed by atoms with Gasteiger partial charge in [0.05, 0.1) is 5.69 Å². The summed E-state index contributed by atoms with van der Waals surface area (Å²) in [6, 6.07) is 10.9. The van der Waals surface area contributed by atoms with Crippen molar-refractivity contribution < 1.29 is 21.6 Å². The van der Waals surface area contributed by atoms with E-state index in [0.29, 0.717) is 11.4 Å². The van der Waals surface area contributed by atoms with E-state index in [2.05, 4.69) is 10.0 Å². The predicted octanol–water partition coefficient (Wildman–Crippen LogP) is 4.71. The minimum atomic E-state index is -3.66. The van der Waals surface area contributed by atoms with Crippen LogP contribution in [-0.4, -0.2) is 8.42 Å². The maximum absolute atomic E-state index is 13.6. The number of benzene rings is 2. The fourth-order valence-corrected chi connectivity index (χ4v) is 4.07. The van der Waals surface area contributed by atoms with Crippen LogP contribution in [0.1, 0.15) is 0 Å². The van der Waals surface area contributed by atoms with Crippen LogP contribution < -0.4 is 10.0 Å². The molecule has 1 aromatic heterocycles. The molecule has 0 amide bonds. The van der Waals surface area contributed by atoms with Crippen molar-refractivity contribution in [3.05, 3.63) is 71.4 Å². The Labute approximate surface area is 146 Å². The maximum atomic E-state index is 13.6. The molecule has 3 rings (SSSR count). The number of anilines is 3. The molecule has 2 aromatic carbocycles. The molecule has 25 heavy (non-hydrogen) atoms. The lowest BCUT2D eigenvalue weighted by molar-refractivity contribution is 0.449. The number of sulfonamides is 1. The SMILES string of the molecule is O=S(=O)(Nc1ccc(Nc2ccc(F)c(F)c2F)cc1)c1cccs1. The molecule has 1 heterocycles. The second-order valence-electron chi connectivity index (χ2n) is 4.96. The number of rotatable bonds is 5. The highest BCUT2D eigenvalue weighted by molar-refractivity contribution is 7.94. The fraction of sp³-hybridized carbons (Fsp3) is 0. The summed E-state index contributed by atoms with van der Waals surface area (Å²) in [5, 5.41) is 4.25. The van der Waals surface area contributed by atoms with Gasteiger partial charge in [-0.2, -0.15) is 0 Å². The third kappa shape index (κ3) is 3.77. The second-order valence-corrected chi connectivity index (χ2v) is 7.82. The van der Waals surface area contributed by atoms with Crippen molar-refractivity contribution in [2.75, 3.05) is 10.0 Å².